The van der Waals surface area contributed by atoms with E-state index in [9.17, 15) is 4.79 Å². The Morgan fingerprint density at radius 2 is 1.64 bits per heavy atom. The number of benzene rings is 1. The van der Waals surface area contributed by atoms with Gasteiger partial charge in [0.25, 0.3) is 0 Å². The van der Waals surface area contributed by atoms with E-state index in [1.54, 1.807) is 4.90 Å². The number of hydrogen-bond donors (Lipinski definition) is 0. The fourth-order valence-corrected chi connectivity index (χ4v) is 3.72. The smallest absolute Gasteiger partial charge is 0.316 e. The van der Waals surface area contributed by atoms with Crippen LogP contribution in [0, 0.1) is 0 Å². The SMILES string of the molecule is O=C(Cl)N1CCN(c2ccc(OCCCN3CCCCC3)cc2)CC1. The van der Waals surface area contributed by atoms with Crippen LogP contribution in [0.2, 0.25) is 0 Å². The van der Waals surface area contributed by atoms with Crippen LogP contribution in [-0.2, 0) is 0 Å². The van der Waals surface area contributed by atoms with Crippen molar-refractivity contribution >= 4 is 22.7 Å². The van der Waals surface area contributed by atoms with Crippen LogP contribution in [0.1, 0.15) is 25.7 Å². The average molecular weight is 366 g/mol. The van der Waals surface area contributed by atoms with Crippen LogP contribution in [0.15, 0.2) is 24.3 Å². The van der Waals surface area contributed by atoms with Crippen LogP contribution in [0.25, 0.3) is 0 Å². The highest BCUT2D eigenvalue weighted by atomic mass is 35.5. The van der Waals surface area contributed by atoms with Gasteiger partial charge in [0.05, 0.1) is 6.61 Å². The van der Waals surface area contributed by atoms with Crippen molar-refractivity contribution in [2.24, 2.45) is 0 Å². The standard InChI is InChI=1S/C19H28ClN3O2/c20-19(24)23-14-12-22(13-15-23)17-5-7-18(8-6-17)25-16-4-11-21-9-2-1-3-10-21/h5-8H,1-4,9-16H2. The fraction of sp³-hybridized carbons (Fsp3) is 0.632. The summed E-state index contributed by atoms with van der Waals surface area (Å²) in [5, 5.41) is -0.354. The van der Waals surface area contributed by atoms with Gasteiger partial charge in [-0.3, -0.25) is 4.79 Å². The molecule has 2 aliphatic rings. The first kappa shape index (κ1) is 18.3. The number of amides is 1. The largest absolute Gasteiger partial charge is 0.494 e. The van der Waals surface area contributed by atoms with Crippen LogP contribution in [0.4, 0.5) is 10.5 Å². The molecule has 0 radical (unpaired) electrons. The Hall–Kier alpha value is -1.46. The van der Waals surface area contributed by atoms with Crippen molar-refractivity contribution < 1.29 is 9.53 Å². The van der Waals surface area contributed by atoms with E-state index in [0.29, 0.717) is 13.1 Å². The van der Waals surface area contributed by atoms with Crippen molar-refractivity contribution in [3.05, 3.63) is 24.3 Å². The molecule has 0 unspecified atom stereocenters. The number of likely N-dealkylation sites (tertiary alicyclic amines) is 1. The fourth-order valence-electron chi connectivity index (χ4n) is 3.55. The van der Waals surface area contributed by atoms with Gasteiger partial charge in [-0.25, -0.2) is 0 Å². The third-order valence-electron chi connectivity index (χ3n) is 5.07. The lowest BCUT2D eigenvalue weighted by atomic mass is 10.1. The highest BCUT2D eigenvalue weighted by Gasteiger charge is 2.19. The number of piperidine rings is 1. The number of rotatable bonds is 6. The van der Waals surface area contributed by atoms with E-state index < -0.39 is 0 Å². The van der Waals surface area contributed by atoms with Gasteiger partial charge in [-0.1, -0.05) is 6.42 Å². The van der Waals surface area contributed by atoms with Gasteiger partial charge in [0, 0.05) is 38.4 Å². The lowest BCUT2D eigenvalue weighted by Crippen LogP contribution is -2.47. The van der Waals surface area contributed by atoms with E-state index in [0.717, 1.165) is 38.4 Å². The van der Waals surface area contributed by atoms with Crippen LogP contribution in [0.5, 0.6) is 5.75 Å². The molecule has 0 bridgehead atoms. The number of nitrogens with zero attached hydrogens (tertiary/aromatic N) is 3. The zero-order valence-corrected chi connectivity index (χ0v) is 15.6. The zero-order valence-electron chi connectivity index (χ0n) is 14.8. The lowest BCUT2D eigenvalue weighted by molar-refractivity contribution is 0.205. The minimum atomic E-state index is -0.354. The van der Waals surface area contributed by atoms with Crippen molar-refractivity contribution in [3.63, 3.8) is 0 Å². The Bertz CT molecular complexity index is 538. The quantitative estimate of drug-likeness (QED) is 0.439. The van der Waals surface area contributed by atoms with Gasteiger partial charge >= 0.3 is 5.37 Å². The minimum Gasteiger partial charge on any atom is -0.494 e. The maximum atomic E-state index is 11.2. The third-order valence-corrected chi connectivity index (χ3v) is 5.31. The summed E-state index contributed by atoms with van der Waals surface area (Å²) < 4.78 is 5.87. The molecule has 2 heterocycles. The zero-order chi connectivity index (χ0) is 17.5. The second-order valence-corrected chi connectivity index (χ2v) is 7.15. The van der Waals surface area contributed by atoms with Gasteiger partial charge in [0.1, 0.15) is 5.75 Å². The molecule has 0 N–H and O–H groups in total. The molecule has 0 saturated carbocycles. The van der Waals surface area contributed by atoms with E-state index in [1.807, 2.05) is 12.1 Å². The summed E-state index contributed by atoms with van der Waals surface area (Å²) in [6.07, 6.45) is 5.15. The molecule has 0 atom stereocenters. The summed E-state index contributed by atoms with van der Waals surface area (Å²) in [5.74, 6) is 0.928. The molecule has 138 valence electrons. The highest BCUT2D eigenvalue weighted by molar-refractivity contribution is 6.62. The molecule has 6 heteroatoms. The van der Waals surface area contributed by atoms with Crippen LogP contribution >= 0.6 is 11.6 Å². The summed E-state index contributed by atoms with van der Waals surface area (Å²) >= 11 is 5.53. The van der Waals surface area contributed by atoms with Crippen LogP contribution in [0.3, 0.4) is 0 Å². The van der Waals surface area contributed by atoms with Crippen LogP contribution < -0.4 is 9.64 Å². The number of piperazine rings is 1. The number of carbonyl (C=O) groups excluding carboxylic acids is 1. The lowest BCUT2D eigenvalue weighted by Gasteiger charge is -2.35. The van der Waals surface area contributed by atoms with Gasteiger partial charge in [-0.05, 0) is 68.2 Å². The Kier molecular flexibility index (Phi) is 6.82. The predicted molar refractivity (Wildman–Crippen MR) is 102 cm³/mol. The average Bonchev–Trinajstić information content (AvgIpc) is 2.67. The van der Waals surface area contributed by atoms with Crippen molar-refractivity contribution in [1.82, 2.24) is 9.80 Å². The summed E-state index contributed by atoms with van der Waals surface area (Å²) in [6.45, 7) is 7.39. The normalized spacial score (nSPS) is 19.1. The van der Waals surface area contributed by atoms with Crippen molar-refractivity contribution in [1.29, 1.82) is 0 Å². The summed E-state index contributed by atoms with van der Waals surface area (Å²) in [7, 11) is 0. The van der Waals surface area contributed by atoms with Crippen molar-refractivity contribution in [3.8, 4) is 5.75 Å². The number of hydrogen-bond acceptors (Lipinski definition) is 4. The molecule has 1 aromatic rings. The number of carbonyl (C=O) groups is 1. The molecule has 3 rings (SSSR count). The summed E-state index contributed by atoms with van der Waals surface area (Å²) in [4.78, 5) is 17.7. The van der Waals surface area contributed by atoms with Gasteiger partial charge in [-0.2, -0.15) is 0 Å². The predicted octanol–water partition coefficient (Wildman–Crippen LogP) is 3.42. The van der Waals surface area contributed by atoms with Gasteiger partial charge in [0.2, 0.25) is 0 Å². The van der Waals surface area contributed by atoms with Gasteiger partial charge in [0.15, 0.2) is 0 Å². The molecule has 5 nitrogen and oxygen atoms in total. The molecule has 0 aromatic heterocycles. The summed E-state index contributed by atoms with van der Waals surface area (Å²) in [6, 6.07) is 8.26. The molecular weight excluding hydrogens is 338 g/mol. The highest BCUT2D eigenvalue weighted by Crippen LogP contribution is 2.21. The van der Waals surface area contributed by atoms with Crippen molar-refractivity contribution in [2.45, 2.75) is 25.7 Å². The minimum absolute atomic E-state index is 0.354. The van der Waals surface area contributed by atoms with E-state index in [-0.39, 0.29) is 5.37 Å². The second kappa shape index (κ2) is 9.30. The monoisotopic (exact) mass is 365 g/mol. The second-order valence-electron chi connectivity index (χ2n) is 6.83. The first-order valence-electron chi connectivity index (χ1n) is 9.37. The Balaban J connectivity index is 1.38. The van der Waals surface area contributed by atoms with Gasteiger partial charge in [-0.15, -0.1) is 0 Å². The Morgan fingerprint density at radius 1 is 0.960 bits per heavy atom. The van der Waals surface area contributed by atoms with Gasteiger partial charge < -0.3 is 19.4 Å². The molecule has 1 amide bonds. The Labute approximate surface area is 155 Å². The van der Waals surface area contributed by atoms with E-state index in [2.05, 4.69) is 21.9 Å². The number of ether oxygens (including phenoxy) is 1. The molecule has 1 aromatic carbocycles. The Morgan fingerprint density at radius 3 is 2.28 bits per heavy atom. The van der Waals surface area contributed by atoms with E-state index >= 15 is 0 Å². The van der Waals surface area contributed by atoms with Crippen LogP contribution in [-0.4, -0.2) is 67.6 Å². The topological polar surface area (TPSA) is 36.0 Å². The first-order valence-corrected chi connectivity index (χ1v) is 9.75. The maximum absolute atomic E-state index is 11.2. The summed E-state index contributed by atoms with van der Waals surface area (Å²) in [5.41, 5.74) is 1.17. The molecular formula is C19H28ClN3O2. The third kappa shape index (κ3) is 5.51. The number of anilines is 1. The maximum Gasteiger partial charge on any atom is 0.316 e. The molecule has 0 spiro atoms. The molecule has 2 aliphatic heterocycles. The molecule has 25 heavy (non-hydrogen) atoms. The van der Waals surface area contributed by atoms with E-state index in [4.69, 9.17) is 16.3 Å². The van der Waals surface area contributed by atoms with Crippen molar-refractivity contribution in [2.75, 3.05) is 57.3 Å². The molecule has 2 fully saturated rings. The first-order chi connectivity index (χ1) is 12.2. The number of halogens is 1. The molecule has 2 saturated heterocycles. The molecule has 0 aliphatic carbocycles. The van der Waals surface area contributed by atoms with E-state index in [1.165, 1.54) is 38.0 Å².